The van der Waals surface area contributed by atoms with E-state index >= 15 is 0 Å². The Morgan fingerprint density at radius 2 is 1.96 bits per heavy atom. The second-order valence-corrected chi connectivity index (χ2v) is 6.11. The molecule has 0 radical (unpaired) electrons. The van der Waals surface area contributed by atoms with E-state index in [-0.39, 0.29) is 12.1 Å². The quantitative estimate of drug-likeness (QED) is 0.316. The Kier molecular flexibility index (Phi) is 8.95. The monoisotopic (exact) mass is 365 g/mol. The summed E-state index contributed by atoms with van der Waals surface area (Å²) in [6.45, 7) is 3.01. The van der Waals surface area contributed by atoms with Crippen LogP contribution in [0.5, 0.6) is 0 Å². The molecule has 0 heterocycles. The third kappa shape index (κ3) is 7.42. The Morgan fingerprint density at radius 3 is 2.58 bits per heavy atom. The fourth-order valence-electron chi connectivity index (χ4n) is 2.03. The molecule has 0 aromatic heterocycles. The first-order valence-electron chi connectivity index (χ1n) is 7.75. The van der Waals surface area contributed by atoms with Gasteiger partial charge in [0.05, 0.1) is 12.1 Å². The van der Waals surface area contributed by atoms with Crippen LogP contribution in [0, 0.1) is 5.82 Å². The molecular formula is C16H23F4N3S. The SMILES string of the molecule is CCNC(=NCc1ccc(F)cc1C(F)(F)F)NCCCCSC. The zero-order valence-corrected chi connectivity index (χ0v) is 14.7. The lowest BCUT2D eigenvalue weighted by atomic mass is 10.1. The van der Waals surface area contributed by atoms with Crippen LogP contribution < -0.4 is 10.6 Å². The number of benzene rings is 1. The maximum Gasteiger partial charge on any atom is 0.416 e. The molecule has 0 atom stereocenters. The second kappa shape index (κ2) is 10.4. The summed E-state index contributed by atoms with van der Waals surface area (Å²) in [5, 5.41) is 6.09. The maximum absolute atomic E-state index is 13.1. The molecule has 0 aliphatic heterocycles. The molecule has 0 unspecified atom stereocenters. The van der Waals surface area contributed by atoms with E-state index < -0.39 is 17.6 Å². The molecule has 1 rings (SSSR count). The molecule has 3 nitrogen and oxygen atoms in total. The van der Waals surface area contributed by atoms with Gasteiger partial charge in [0.1, 0.15) is 5.82 Å². The molecule has 24 heavy (non-hydrogen) atoms. The number of aliphatic imine (C=N–C) groups is 1. The van der Waals surface area contributed by atoms with E-state index in [0.29, 0.717) is 25.1 Å². The van der Waals surface area contributed by atoms with Crippen LogP contribution in [0.4, 0.5) is 17.6 Å². The summed E-state index contributed by atoms with van der Waals surface area (Å²) in [7, 11) is 0. The van der Waals surface area contributed by atoms with Gasteiger partial charge in [-0.05, 0) is 49.5 Å². The van der Waals surface area contributed by atoms with Crippen molar-refractivity contribution in [3.63, 3.8) is 0 Å². The molecule has 0 spiro atoms. The highest BCUT2D eigenvalue weighted by molar-refractivity contribution is 7.98. The molecule has 0 saturated carbocycles. The van der Waals surface area contributed by atoms with E-state index in [4.69, 9.17) is 0 Å². The first-order valence-corrected chi connectivity index (χ1v) is 9.14. The van der Waals surface area contributed by atoms with Gasteiger partial charge in [0, 0.05) is 13.1 Å². The third-order valence-electron chi connectivity index (χ3n) is 3.20. The average Bonchev–Trinajstić information content (AvgIpc) is 2.52. The standard InChI is InChI=1S/C16H23F4N3S/c1-3-21-15(22-8-4-5-9-24-2)23-11-12-6-7-13(17)10-14(12)16(18,19)20/h6-7,10H,3-5,8-9,11H2,1-2H3,(H2,21,22,23). The van der Waals surface area contributed by atoms with Crippen LogP contribution in [0.3, 0.4) is 0 Å². The van der Waals surface area contributed by atoms with E-state index in [1.165, 1.54) is 0 Å². The van der Waals surface area contributed by atoms with Crippen LogP contribution >= 0.6 is 11.8 Å². The summed E-state index contributed by atoms with van der Waals surface area (Å²) < 4.78 is 52.0. The largest absolute Gasteiger partial charge is 0.416 e. The van der Waals surface area contributed by atoms with Gasteiger partial charge in [0.25, 0.3) is 0 Å². The van der Waals surface area contributed by atoms with Crippen molar-refractivity contribution < 1.29 is 17.6 Å². The summed E-state index contributed by atoms with van der Waals surface area (Å²) in [6, 6.07) is 2.65. The molecule has 0 bridgehead atoms. The highest BCUT2D eigenvalue weighted by atomic mass is 32.2. The molecule has 0 saturated heterocycles. The predicted molar refractivity (Wildman–Crippen MR) is 91.8 cm³/mol. The number of hydrogen-bond acceptors (Lipinski definition) is 2. The van der Waals surface area contributed by atoms with Gasteiger partial charge in [-0.15, -0.1) is 0 Å². The normalized spacial score (nSPS) is 12.3. The van der Waals surface area contributed by atoms with E-state index in [2.05, 4.69) is 15.6 Å². The highest BCUT2D eigenvalue weighted by Gasteiger charge is 2.33. The number of halogens is 4. The van der Waals surface area contributed by atoms with Crippen molar-refractivity contribution in [1.29, 1.82) is 0 Å². The Morgan fingerprint density at radius 1 is 1.21 bits per heavy atom. The molecule has 1 aromatic rings. The number of thioether (sulfide) groups is 1. The molecule has 136 valence electrons. The van der Waals surface area contributed by atoms with Crippen molar-refractivity contribution in [2.24, 2.45) is 4.99 Å². The zero-order valence-electron chi connectivity index (χ0n) is 13.8. The lowest BCUT2D eigenvalue weighted by Crippen LogP contribution is -2.37. The fourth-order valence-corrected chi connectivity index (χ4v) is 2.53. The lowest BCUT2D eigenvalue weighted by Gasteiger charge is -2.14. The Hall–Kier alpha value is -1.44. The summed E-state index contributed by atoms with van der Waals surface area (Å²) in [6.07, 6.45) is -0.546. The summed E-state index contributed by atoms with van der Waals surface area (Å²) in [5.74, 6) is 0.618. The summed E-state index contributed by atoms with van der Waals surface area (Å²) in [5.41, 5.74) is -1.04. The Balaban J connectivity index is 2.75. The first-order chi connectivity index (χ1) is 11.4. The van der Waals surface area contributed by atoms with Crippen molar-refractivity contribution in [2.45, 2.75) is 32.5 Å². The van der Waals surface area contributed by atoms with Gasteiger partial charge in [-0.3, -0.25) is 0 Å². The number of hydrogen-bond donors (Lipinski definition) is 2. The number of alkyl halides is 3. The van der Waals surface area contributed by atoms with Crippen LogP contribution in [0.2, 0.25) is 0 Å². The van der Waals surface area contributed by atoms with Crippen molar-refractivity contribution in [1.82, 2.24) is 10.6 Å². The third-order valence-corrected chi connectivity index (χ3v) is 3.89. The van der Waals surface area contributed by atoms with Crippen molar-refractivity contribution in [3.8, 4) is 0 Å². The number of guanidine groups is 1. The van der Waals surface area contributed by atoms with E-state index in [9.17, 15) is 17.6 Å². The van der Waals surface area contributed by atoms with Gasteiger partial charge < -0.3 is 10.6 Å². The molecule has 0 fully saturated rings. The molecule has 8 heteroatoms. The average molecular weight is 365 g/mol. The Bertz CT molecular complexity index is 533. The van der Waals surface area contributed by atoms with Crippen LogP contribution in [-0.4, -0.2) is 31.1 Å². The van der Waals surface area contributed by atoms with Crippen molar-refractivity contribution >= 4 is 17.7 Å². The van der Waals surface area contributed by atoms with Crippen LogP contribution in [0.25, 0.3) is 0 Å². The maximum atomic E-state index is 13.1. The molecule has 0 aliphatic rings. The number of nitrogens with one attached hydrogen (secondary N) is 2. The summed E-state index contributed by atoms with van der Waals surface area (Å²) >= 11 is 1.77. The zero-order chi connectivity index (χ0) is 18.0. The van der Waals surface area contributed by atoms with Gasteiger partial charge in [-0.1, -0.05) is 6.07 Å². The van der Waals surface area contributed by atoms with Crippen molar-refractivity contribution in [2.75, 3.05) is 25.1 Å². The predicted octanol–water partition coefficient (Wildman–Crippen LogP) is 4.04. The van der Waals surface area contributed by atoms with E-state index in [0.717, 1.165) is 30.7 Å². The van der Waals surface area contributed by atoms with Crippen LogP contribution in [0.1, 0.15) is 30.9 Å². The number of nitrogens with zero attached hydrogens (tertiary/aromatic N) is 1. The number of unbranched alkanes of at least 4 members (excludes halogenated alkanes) is 1. The fraction of sp³-hybridized carbons (Fsp3) is 0.562. The topological polar surface area (TPSA) is 36.4 Å². The highest BCUT2D eigenvalue weighted by Crippen LogP contribution is 2.32. The first kappa shape index (κ1) is 20.6. The number of rotatable bonds is 8. The Labute approximate surface area is 144 Å². The molecular weight excluding hydrogens is 342 g/mol. The van der Waals surface area contributed by atoms with Gasteiger partial charge >= 0.3 is 6.18 Å². The van der Waals surface area contributed by atoms with Gasteiger partial charge in [-0.2, -0.15) is 24.9 Å². The van der Waals surface area contributed by atoms with E-state index in [1.54, 1.807) is 11.8 Å². The van der Waals surface area contributed by atoms with Gasteiger partial charge in [-0.25, -0.2) is 9.38 Å². The van der Waals surface area contributed by atoms with Crippen LogP contribution in [0.15, 0.2) is 23.2 Å². The summed E-state index contributed by atoms with van der Waals surface area (Å²) in [4.78, 5) is 4.17. The van der Waals surface area contributed by atoms with Crippen LogP contribution in [-0.2, 0) is 12.7 Å². The lowest BCUT2D eigenvalue weighted by molar-refractivity contribution is -0.138. The molecule has 0 aliphatic carbocycles. The molecule has 0 amide bonds. The minimum atomic E-state index is -4.60. The van der Waals surface area contributed by atoms with Gasteiger partial charge in [0.2, 0.25) is 0 Å². The van der Waals surface area contributed by atoms with Crippen molar-refractivity contribution in [3.05, 3.63) is 35.1 Å². The molecule has 1 aromatic carbocycles. The molecule has 2 N–H and O–H groups in total. The van der Waals surface area contributed by atoms with E-state index in [1.807, 2.05) is 13.2 Å². The minimum absolute atomic E-state index is 0.0523. The minimum Gasteiger partial charge on any atom is -0.357 e. The second-order valence-electron chi connectivity index (χ2n) is 5.12. The van der Waals surface area contributed by atoms with Gasteiger partial charge in [0.15, 0.2) is 5.96 Å². The smallest absolute Gasteiger partial charge is 0.357 e.